The van der Waals surface area contributed by atoms with Crippen LogP contribution in [0.2, 0.25) is 0 Å². The molecule has 0 bridgehead atoms. The fraction of sp³-hybridized carbons (Fsp3) is 1.00. The SMILES string of the molecule is CC(C)C(O)(O)[C@]1(P)N(C)C(O)(O)CC12CC2. The largest absolute Gasteiger partial charge is 0.364 e. The van der Waals surface area contributed by atoms with Crippen molar-refractivity contribution in [1.29, 1.82) is 0 Å². The van der Waals surface area contributed by atoms with Gasteiger partial charge in [-0.15, -0.1) is 9.24 Å². The van der Waals surface area contributed by atoms with Gasteiger partial charge in [-0.3, -0.25) is 0 Å². The third-order valence-corrected chi connectivity index (χ3v) is 6.09. The maximum atomic E-state index is 10.4. The first kappa shape index (κ1) is 13.7. The van der Waals surface area contributed by atoms with E-state index in [4.69, 9.17) is 0 Å². The summed E-state index contributed by atoms with van der Waals surface area (Å²) in [5, 5.41) is 39.6. The maximum absolute atomic E-state index is 10.4. The van der Waals surface area contributed by atoms with Gasteiger partial charge in [0.1, 0.15) is 0 Å². The minimum absolute atomic E-state index is 0.148. The maximum Gasteiger partial charge on any atom is 0.226 e. The van der Waals surface area contributed by atoms with Gasteiger partial charge in [0, 0.05) is 17.8 Å². The molecule has 2 atom stereocenters. The number of hydrogen-bond acceptors (Lipinski definition) is 5. The lowest BCUT2D eigenvalue weighted by molar-refractivity contribution is -0.298. The molecule has 0 aromatic rings. The summed E-state index contributed by atoms with van der Waals surface area (Å²) < 4.78 is 0. The van der Waals surface area contributed by atoms with Gasteiger partial charge < -0.3 is 20.4 Å². The van der Waals surface area contributed by atoms with Crippen LogP contribution in [0.3, 0.4) is 0 Å². The molecule has 0 aromatic heterocycles. The van der Waals surface area contributed by atoms with Crippen molar-refractivity contribution in [3.05, 3.63) is 0 Å². The van der Waals surface area contributed by atoms with Crippen LogP contribution in [0, 0.1) is 11.3 Å². The van der Waals surface area contributed by atoms with E-state index in [0.29, 0.717) is 0 Å². The summed E-state index contributed by atoms with van der Waals surface area (Å²) in [5.74, 6) is -4.38. The first-order chi connectivity index (χ1) is 7.51. The standard InChI is InChI=1S/C11H22NO4P/c1-7(2)10(15,16)11(17)8(4-5-8)6-9(13,14)12(11)3/h7,13-16H,4-6,17H2,1-3H3/t11-/m0/s1. The zero-order valence-corrected chi connectivity index (χ0v) is 11.7. The lowest BCUT2D eigenvalue weighted by Crippen LogP contribution is -2.65. The van der Waals surface area contributed by atoms with E-state index in [0.717, 1.165) is 12.8 Å². The van der Waals surface area contributed by atoms with Gasteiger partial charge in [-0.25, -0.2) is 4.90 Å². The van der Waals surface area contributed by atoms with E-state index in [1.165, 1.54) is 11.9 Å². The average Bonchev–Trinajstić information content (AvgIpc) is 2.92. The van der Waals surface area contributed by atoms with Crippen LogP contribution in [0.4, 0.5) is 0 Å². The fourth-order valence-electron chi connectivity index (χ4n) is 3.13. The number of hydrogen-bond donors (Lipinski definition) is 4. The van der Waals surface area contributed by atoms with Crippen molar-refractivity contribution in [2.45, 2.75) is 50.1 Å². The lowest BCUT2D eigenvalue weighted by Gasteiger charge is -2.49. The van der Waals surface area contributed by atoms with Crippen LogP contribution in [-0.4, -0.2) is 49.4 Å². The van der Waals surface area contributed by atoms with Gasteiger partial charge in [-0.1, -0.05) is 13.8 Å². The Labute approximate surface area is 104 Å². The second-order valence-electron chi connectivity index (χ2n) is 5.94. The van der Waals surface area contributed by atoms with E-state index in [2.05, 4.69) is 9.24 Å². The molecule has 1 saturated heterocycles. The number of rotatable bonds is 2. The second kappa shape index (κ2) is 3.41. The number of nitrogens with zero attached hydrogens (tertiary/aromatic N) is 1. The van der Waals surface area contributed by atoms with E-state index < -0.39 is 28.3 Å². The van der Waals surface area contributed by atoms with Crippen LogP contribution in [0.5, 0.6) is 0 Å². The van der Waals surface area contributed by atoms with Crippen molar-refractivity contribution in [2.24, 2.45) is 11.3 Å². The van der Waals surface area contributed by atoms with Crippen molar-refractivity contribution in [1.82, 2.24) is 4.90 Å². The van der Waals surface area contributed by atoms with Gasteiger partial charge in [-0.05, 0) is 19.9 Å². The van der Waals surface area contributed by atoms with Gasteiger partial charge in [0.25, 0.3) is 0 Å². The van der Waals surface area contributed by atoms with E-state index in [1.807, 2.05) is 0 Å². The molecule has 6 heteroatoms. The molecule has 0 aromatic carbocycles. The molecule has 1 aliphatic carbocycles. The van der Waals surface area contributed by atoms with Crippen LogP contribution in [-0.2, 0) is 0 Å². The Morgan fingerprint density at radius 3 is 2.06 bits per heavy atom. The molecule has 2 aliphatic rings. The normalized spacial score (nSPS) is 35.8. The molecule has 1 heterocycles. The first-order valence-electron chi connectivity index (χ1n) is 5.94. The Balaban J connectivity index is 2.49. The van der Waals surface area contributed by atoms with Gasteiger partial charge >= 0.3 is 0 Å². The van der Waals surface area contributed by atoms with E-state index >= 15 is 0 Å². The highest BCUT2D eigenvalue weighted by Gasteiger charge is 2.76. The van der Waals surface area contributed by atoms with E-state index in [9.17, 15) is 20.4 Å². The molecule has 1 unspecified atom stereocenters. The molecule has 0 amide bonds. The number of likely N-dealkylation sites (N-methyl/N-ethyl adjacent to an activating group) is 1. The van der Waals surface area contributed by atoms with Crippen molar-refractivity contribution in [3.8, 4) is 0 Å². The van der Waals surface area contributed by atoms with Crippen molar-refractivity contribution < 1.29 is 20.4 Å². The molecule has 2 fully saturated rings. The Bertz CT molecular complexity index is 340. The molecule has 1 saturated carbocycles. The minimum Gasteiger partial charge on any atom is -0.364 e. The molecular formula is C11H22NO4P. The van der Waals surface area contributed by atoms with Gasteiger partial charge in [0.2, 0.25) is 5.91 Å². The van der Waals surface area contributed by atoms with Gasteiger partial charge in [-0.2, -0.15) is 0 Å². The topological polar surface area (TPSA) is 84.2 Å². The molecule has 0 radical (unpaired) electrons. The molecule has 5 nitrogen and oxygen atoms in total. The summed E-state index contributed by atoms with van der Waals surface area (Å²) >= 11 is 0. The molecule has 17 heavy (non-hydrogen) atoms. The average molecular weight is 263 g/mol. The molecule has 1 aliphatic heterocycles. The van der Waals surface area contributed by atoms with Crippen LogP contribution in [0.25, 0.3) is 0 Å². The predicted molar refractivity (Wildman–Crippen MR) is 65.7 cm³/mol. The van der Waals surface area contributed by atoms with Crippen LogP contribution >= 0.6 is 9.24 Å². The number of aliphatic hydroxyl groups is 4. The van der Waals surface area contributed by atoms with Crippen molar-refractivity contribution in [3.63, 3.8) is 0 Å². The van der Waals surface area contributed by atoms with Crippen LogP contribution in [0.1, 0.15) is 33.1 Å². The highest BCUT2D eigenvalue weighted by molar-refractivity contribution is 7.19. The summed E-state index contributed by atoms with van der Waals surface area (Å²) in [7, 11) is 3.98. The predicted octanol–water partition coefficient (Wildman–Crippen LogP) is -0.351. The van der Waals surface area contributed by atoms with Gasteiger partial charge in [0.15, 0.2) is 5.79 Å². The summed E-state index contributed by atoms with van der Waals surface area (Å²) in [6, 6.07) is 0. The summed E-state index contributed by atoms with van der Waals surface area (Å²) in [6.45, 7) is 3.43. The molecule has 2 rings (SSSR count). The first-order valence-corrected chi connectivity index (χ1v) is 6.51. The second-order valence-corrected chi connectivity index (χ2v) is 6.77. The molecular weight excluding hydrogens is 241 g/mol. The molecule has 1 spiro atoms. The summed E-state index contributed by atoms with van der Waals surface area (Å²) in [4.78, 5) is 1.28. The highest BCUT2D eigenvalue weighted by atomic mass is 31.0. The highest BCUT2D eigenvalue weighted by Crippen LogP contribution is 2.71. The van der Waals surface area contributed by atoms with Gasteiger partial charge in [0.05, 0.1) is 5.28 Å². The van der Waals surface area contributed by atoms with E-state index in [-0.39, 0.29) is 6.42 Å². The van der Waals surface area contributed by atoms with E-state index in [1.54, 1.807) is 13.8 Å². The van der Waals surface area contributed by atoms with Crippen molar-refractivity contribution >= 4 is 9.24 Å². The monoisotopic (exact) mass is 263 g/mol. The summed E-state index contributed by atoms with van der Waals surface area (Å²) in [5.41, 5.74) is -0.441. The summed E-state index contributed by atoms with van der Waals surface area (Å²) in [6.07, 6.45) is 1.70. The third kappa shape index (κ3) is 1.47. The zero-order chi connectivity index (χ0) is 13.3. The zero-order valence-electron chi connectivity index (χ0n) is 10.5. The smallest absolute Gasteiger partial charge is 0.226 e. The number of likely N-dealkylation sites (tertiary alicyclic amines) is 1. The van der Waals surface area contributed by atoms with Crippen molar-refractivity contribution in [2.75, 3.05) is 7.05 Å². The Morgan fingerprint density at radius 2 is 1.71 bits per heavy atom. The molecule has 100 valence electrons. The van der Waals surface area contributed by atoms with Crippen LogP contribution < -0.4 is 0 Å². The third-order valence-electron chi connectivity index (χ3n) is 4.67. The Hall–Kier alpha value is 0.230. The Morgan fingerprint density at radius 1 is 1.24 bits per heavy atom. The Kier molecular flexibility index (Phi) is 2.74. The molecule has 4 N–H and O–H groups in total. The minimum atomic E-state index is -1.99. The quantitative estimate of drug-likeness (QED) is 0.404. The fourth-order valence-corrected chi connectivity index (χ4v) is 4.06. The van der Waals surface area contributed by atoms with Crippen LogP contribution in [0.15, 0.2) is 0 Å². The lowest BCUT2D eigenvalue weighted by atomic mass is 9.83.